The van der Waals surface area contributed by atoms with Gasteiger partial charge in [-0.3, -0.25) is 0 Å². The summed E-state index contributed by atoms with van der Waals surface area (Å²) in [6.45, 7) is 10.6. The Balaban J connectivity index is 2.46. The largest absolute Gasteiger partial charge is 0.508 e. The van der Waals surface area contributed by atoms with Crippen LogP contribution in [0, 0.1) is 13.8 Å². The molecule has 0 spiro atoms. The second kappa shape index (κ2) is 7.48. The van der Waals surface area contributed by atoms with E-state index in [-0.39, 0.29) is 39.3 Å². The fraction of sp³-hybridized carbons (Fsp3) is 0.261. The van der Waals surface area contributed by atoms with Crippen LogP contribution in [0.3, 0.4) is 0 Å². The molecule has 1 aliphatic heterocycles. The minimum Gasteiger partial charge on any atom is -0.508 e. The molecule has 0 amide bonds. The third-order valence-corrected chi connectivity index (χ3v) is 5.71. The van der Waals surface area contributed by atoms with Crippen molar-refractivity contribution in [3.63, 3.8) is 0 Å². The molecule has 0 radical (unpaired) electrons. The first-order valence-corrected chi connectivity index (χ1v) is 9.59. The molecule has 0 unspecified atom stereocenters. The number of fused-ring (bicyclic) bond motifs is 2. The van der Waals surface area contributed by atoms with Gasteiger partial charge in [0.05, 0.1) is 5.02 Å². The summed E-state index contributed by atoms with van der Waals surface area (Å²) in [6.07, 6.45) is 3.65. The van der Waals surface area contributed by atoms with Gasteiger partial charge in [0.15, 0.2) is 11.5 Å². The number of aromatic hydroxyl groups is 2. The lowest BCUT2D eigenvalue weighted by molar-refractivity contribution is 0.0735. The summed E-state index contributed by atoms with van der Waals surface area (Å²) in [7, 11) is 0. The number of allylic oxidation sites excluding steroid dienone is 4. The van der Waals surface area contributed by atoms with E-state index in [9.17, 15) is 15.0 Å². The molecule has 0 aromatic heterocycles. The molecule has 3 rings (SSSR count). The van der Waals surface area contributed by atoms with Gasteiger partial charge in [-0.25, -0.2) is 4.79 Å². The number of carbonyl (C=O) groups excluding carboxylic acids is 1. The quantitative estimate of drug-likeness (QED) is 0.431. The molecule has 2 aromatic rings. The normalized spacial score (nSPS) is 14.0. The molecule has 152 valence electrons. The lowest BCUT2D eigenvalue weighted by Crippen LogP contribution is -2.11. The van der Waals surface area contributed by atoms with Crippen molar-refractivity contribution in [3.05, 3.63) is 51.1 Å². The van der Waals surface area contributed by atoms with E-state index >= 15 is 0 Å². The molecule has 1 aliphatic rings. The van der Waals surface area contributed by atoms with E-state index in [0.29, 0.717) is 22.3 Å². The predicted octanol–water partition coefficient (Wildman–Crippen LogP) is 6.54. The van der Waals surface area contributed by atoms with E-state index in [0.717, 1.165) is 11.1 Å². The van der Waals surface area contributed by atoms with Gasteiger partial charge in [-0.1, -0.05) is 23.8 Å². The van der Waals surface area contributed by atoms with E-state index in [1.54, 1.807) is 13.8 Å². The number of phenols is 2. The highest BCUT2D eigenvalue weighted by molar-refractivity contribution is 6.34. The molecule has 0 saturated carbocycles. The zero-order chi connectivity index (χ0) is 21.6. The number of halogens is 1. The summed E-state index contributed by atoms with van der Waals surface area (Å²) in [6, 6.07) is 1.53. The molecule has 0 bridgehead atoms. The lowest BCUT2D eigenvalue weighted by atomic mass is 9.96. The smallest absolute Gasteiger partial charge is 0.348 e. The maximum Gasteiger partial charge on any atom is 0.348 e. The van der Waals surface area contributed by atoms with Gasteiger partial charge in [0, 0.05) is 16.7 Å². The standard InChI is InChI=1S/C23H23ClO5/c1-7-10(3)14-9-15(25)12(5)20-17(14)23(27)29-21-13(6)19(26)18(24)16(11(4)8-2)22(21)28-20/h7-9,25-26H,1-6H3/b10-7+,11-8+. The molecule has 0 saturated heterocycles. The van der Waals surface area contributed by atoms with Crippen LogP contribution in [-0.4, -0.2) is 16.2 Å². The third-order valence-electron chi connectivity index (χ3n) is 5.35. The van der Waals surface area contributed by atoms with Gasteiger partial charge in [-0.05, 0) is 64.3 Å². The molecule has 6 heteroatoms. The zero-order valence-electron chi connectivity index (χ0n) is 17.2. The van der Waals surface area contributed by atoms with Gasteiger partial charge in [0.1, 0.15) is 22.8 Å². The van der Waals surface area contributed by atoms with Crippen molar-refractivity contribution in [1.82, 2.24) is 0 Å². The SMILES string of the molecule is C/C=C(\C)c1cc(O)c(C)c2c1C(=O)Oc1c(C)c(O)c(Cl)c(/C(C)=C/C)c1O2. The number of hydrogen-bond donors (Lipinski definition) is 2. The number of hydrogen-bond acceptors (Lipinski definition) is 5. The molecule has 29 heavy (non-hydrogen) atoms. The highest BCUT2D eigenvalue weighted by Crippen LogP contribution is 2.53. The Morgan fingerprint density at radius 1 is 0.966 bits per heavy atom. The number of phenolic OH excluding ortho intramolecular Hbond substituents is 2. The summed E-state index contributed by atoms with van der Waals surface area (Å²) >= 11 is 6.43. The fourth-order valence-corrected chi connectivity index (χ4v) is 3.65. The summed E-state index contributed by atoms with van der Waals surface area (Å²) in [4.78, 5) is 13.1. The first-order valence-electron chi connectivity index (χ1n) is 9.22. The van der Waals surface area contributed by atoms with Crippen molar-refractivity contribution in [3.8, 4) is 28.7 Å². The molecule has 0 aliphatic carbocycles. The number of rotatable bonds is 2. The molecular formula is C23H23ClO5. The lowest BCUT2D eigenvalue weighted by Gasteiger charge is -2.19. The second-order valence-corrected chi connectivity index (χ2v) is 7.41. The average molecular weight is 415 g/mol. The van der Waals surface area contributed by atoms with Crippen molar-refractivity contribution >= 4 is 28.7 Å². The monoisotopic (exact) mass is 414 g/mol. The number of benzene rings is 2. The van der Waals surface area contributed by atoms with Crippen molar-refractivity contribution in [2.24, 2.45) is 0 Å². The van der Waals surface area contributed by atoms with Crippen LogP contribution in [0.4, 0.5) is 0 Å². The van der Waals surface area contributed by atoms with Crippen LogP contribution < -0.4 is 9.47 Å². The van der Waals surface area contributed by atoms with Crippen molar-refractivity contribution in [2.75, 3.05) is 0 Å². The maximum atomic E-state index is 13.1. The first kappa shape index (κ1) is 20.8. The summed E-state index contributed by atoms with van der Waals surface area (Å²) in [5.74, 6) is -0.267. The summed E-state index contributed by atoms with van der Waals surface area (Å²) in [5.41, 5.74) is 3.38. The highest BCUT2D eigenvalue weighted by atomic mass is 35.5. The molecule has 0 fully saturated rings. The molecule has 1 heterocycles. The van der Waals surface area contributed by atoms with Crippen LogP contribution in [0.5, 0.6) is 28.7 Å². The number of ether oxygens (including phenoxy) is 2. The van der Waals surface area contributed by atoms with Crippen LogP contribution in [0.15, 0.2) is 18.2 Å². The van der Waals surface area contributed by atoms with Crippen LogP contribution in [0.1, 0.15) is 60.3 Å². The van der Waals surface area contributed by atoms with E-state index in [1.165, 1.54) is 6.07 Å². The van der Waals surface area contributed by atoms with Crippen LogP contribution in [0.2, 0.25) is 5.02 Å². The Hall–Kier alpha value is -2.92. The number of esters is 1. The second-order valence-electron chi connectivity index (χ2n) is 7.03. The molecule has 2 aromatic carbocycles. The van der Waals surface area contributed by atoms with Crippen LogP contribution >= 0.6 is 11.6 Å². The Bertz CT molecular complexity index is 1110. The third kappa shape index (κ3) is 3.15. The number of carbonyl (C=O) groups is 1. The Kier molecular flexibility index (Phi) is 5.37. The van der Waals surface area contributed by atoms with E-state index in [4.69, 9.17) is 21.1 Å². The molecule has 2 N–H and O–H groups in total. The topological polar surface area (TPSA) is 76.0 Å². The van der Waals surface area contributed by atoms with Gasteiger partial charge in [-0.15, -0.1) is 0 Å². The predicted molar refractivity (Wildman–Crippen MR) is 114 cm³/mol. The van der Waals surface area contributed by atoms with Crippen LogP contribution in [-0.2, 0) is 0 Å². The maximum absolute atomic E-state index is 13.1. The Morgan fingerprint density at radius 2 is 1.59 bits per heavy atom. The van der Waals surface area contributed by atoms with Crippen molar-refractivity contribution < 1.29 is 24.5 Å². The highest BCUT2D eigenvalue weighted by Gasteiger charge is 2.34. The summed E-state index contributed by atoms with van der Waals surface area (Å²) < 4.78 is 11.9. The van der Waals surface area contributed by atoms with E-state index in [2.05, 4.69) is 0 Å². The molecule has 0 atom stereocenters. The molecule has 5 nitrogen and oxygen atoms in total. The Labute approximate surface area is 174 Å². The van der Waals surface area contributed by atoms with Crippen LogP contribution in [0.25, 0.3) is 11.1 Å². The fourth-order valence-electron chi connectivity index (χ4n) is 3.28. The van der Waals surface area contributed by atoms with Gasteiger partial charge < -0.3 is 19.7 Å². The minimum atomic E-state index is -0.632. The average Bonchev–Trinajstić information content (AvgIpc) is 2.85. The Morgan fingerprint density at radius 3 is 2.17 bits per heavy atom. The van der Waals surface area contributed by atoms with E-state index in [1.807, 2.05) is 39.8 Å². The summed E-state index contributed by atoms with van der Waals surface area (Å²) in [5, 5.41) is 21.1. The molecular weight excluding hydrogens is 392 g/mol. The van der Waals surface area contributed by atoms with Gasteiger partial charge >= 0.3 is 5.97 Å². The van der Waals surface area contributed by atoms with Crippen molar-refractivity contribution in [1.29, 1.82) is 0 Å². The van der Waals surface area contributed by atoms with Gasteiger partial charge in [0.25, 0.3) is 0 Å². The minimum absolute atomic E-state index is 0.00195. The first-order chi connectivity index (χ1) is 13.6. The van der Waals surface area contributed by atoms with Gasteiger partial charge in [0.2, 0.25) is 0 Å². The van der Waals surface area contributed by atoms with Crippen molar-refractivity contribution in [2.45, 2.75) is 41.5 Å². The van der Waals surface area contributed by atoms with E-state index < -0.39 is 5.97 Å². The zero-order valence-corrected chi connectivity index (χ0v) is 18.0. The van der Waals surface area contributed by atoms with Gasteiger partial charge in [-0.2, -0.15) is 0 Å².